The van der Waals surface area contributed by atoms with E-state index in [1.54, 1.807) is 30.6 Å². The van der Waals surface area contributed by atoms with Gasteiger partial charge in [0.1, 0.15) is 12.4 Å². The molecule has 1 aromatic carbocycles. The van der Waals surface area contributed by atoms with Crippen LogP contribution in [0, 0.1) is 5.92 Å². The van der Waals surface area contributed by atoms with Gasteiger partial charge in [-0.2, -0.15) is 0 Å². The molecule has 9 nitrogen and oxygen atoms in total. The third-order valence-electron chi connectivity index (χ3n) is 5.77. The Bertz CT molecular complexity index is 1080. The van der Waals surface area contributed by atoms with Crippen LogP contribution in [0.2, 0.25) is 0 Å². The monoisotopic (exact) mass is 409 g/mol. The maximum atomic E-state index is 12.6. The molecule has 156 valence electrons. The van der Waals surface area contributed by atoms with Crippen molar-refractivity contribution in [3.05, 3.63) is 48.5 Å². The first-order chi connectivity index (χ1) is 14.5. The van der Waals surface area contributed by atoms with Gasteiger partial charge in [-0.25, -0.2) is 15.0 Å². The number of rotatable bonds is 4. The second-order valence-corrected chi connectivity index (χ2v) is 8.18. The minimum atomic E-state index is -0.707. The van der Waals surface area contributed by atoms with Gasteiger partial charge in [0.25, 0.3) is 5.91 Å². The molecule has 2 aromatic heterocycles. The number of benzene rings is 1. The highest BCUT2D eigenvalue weighted by Gasteiger charge is 2.54. The molecule has 3 aromatic rings. The number of aromatic nitrogens is 4. The minimum Gasteiger partial charge on any atom is -0.396 e. The first kappa shape index (κ1) is 19.1. The van der Waals surface area contributed by atoms with Crippen molar-refractivity contribution in [2.24, 2.45) is 5.92 Å². The number of carbonyl (C=O) groups is 1. The number of ether oxygens (including phenoxy) is 2. The lowest BCUT2D eigenvalue weighted by atomic mass is 10.1. The van der Waals surface area contributed by atoms with Gasteiger partial charge in [0, 0.05) is 18.1 Å². The van der Waals surface area contributed by atoms with E-state index in [9.17, 15) is 9.90 Å². The summed E-state index contributed by atoms with van der Waals surface area (Å²) in [5, 5.41) is 12.7. The number of nitrogens with one attached hydrogen (secondary N) is 1. The standard InChI is InChI=1S/C21H23N5O4/c1-21(2)29-16-13(9-27)8-14(17(16)30-21)26-11-24-15-18(22-10-23-19(15)26)25-20(28)12-6-4-3-5-7-12/h3-7,10-11,13-14,16-17,27H,8-9H2,1-2H3,(H,22,23,25,28)/t13-,14-,16-,17+/m1/s1. The van der Waals surface area contributed by atoms with Crippen LogP contribution in [0.3, 0.4) is 0 Å². The number of hydrogen-bond acceptors (Lipinski definition) is 7. The molecule has 1 aliphatic carbocycles. The van der Waals surface area contributed by atoms with Crippen molar-refractivity contribution in [3.8, 4) is 0 Å². The average molecular weight is 409 g/mol. The Morgan fingerprint density at radius 1 is 1.20 bits per heavy atom. The lowest BCUT2D eigenvalue weighted by molar-refractivity contribution is -0.161. The number of fused-ring (bicyclic) bond motifs is 2. The molecule has 3 heterocycles. The zero-order valence-electron chi connectivity index (χ0n) is 16.7. The van der Waals surface area contributed by atoms with E-state index < -0.39 is 5.79 Å². The minimum absolute atomic E-state index is 0.0249. The molecule has 0 bridgehead atoms. The van der Waals surface area contributed by atoms with E-state index in [-0.39, 0.29) is 36.7 Å². The van der Waals surface area contributed by atoms with Gasteiger partial charge in [-0.1, -0.05) is 18.2 Å². The molecule has 1 saturated carbocycles. The fraction of sp³-hybridized carbons (Fsp3) is 0.429. The summed E-state index contributed by atoms with van der Waals surface area (Å²) in [6.07, 6.45) is 3.38. The van der Waals surface area contributed by atoms with Crippen molar-refractivity contribution in [3.63, 3.8) is 0 Å². The molecular weight excluding hydrogens is 386 g/mol. The van der Waals surface area contributed by atoms with Crippen molar-refractivity contribution in [2.45, 2.75) is 44.3 Å². The van der Waals surface area contributed by atoms with Gasteiger partial charge in [0.2, 0.25) is 0 Å². The molecule has 5 rings (SSSR count). The highest BCUT2D eigenvalue weighted by molar-refractivity contribution is 6.06. The van der Waals surface area contributed by atoms with Crippen molar-refractivity contribution in [1.82, 2.24) is 19.5 Å². The van der Waals surface area contributed by atoms with Gasteiger partial charge in [-0.3, -0.25) is 4.79 Å². The molecule has 2 fully saturated rings. The third-order valence-corrected chi connectivity index (χ3v) is 5.77. The normalized spacial score (nSPS) is 27.3. The van der Waals surface area contributed by atoms with E-state index in [4.69, 9.17) is 9.47 Å². The lowest BCUT2D eigenvalue weighted by Crippen LogP contribution is -2.27. The number of aliphatic hydroxyl groups excluding tert-OH is 1. The van der Waals surface area contributed by atoms with Crippen LogP contribution >= 0.6 is 0 Å². The third kappa shape index (κ3) is 3.15. The zero-order valence-corrected chi connectivity index (χ0v) is 16.7. The Balaban J connectivity index is 1.47. The van der Waals surface area contributed by atoms with Gasteiger partial charge in [-0.05, 0) is 32.4 Å². The molecular formula is C21H23N5O4. The fourth-order valence-corrected chi connectivity index (χ4v) is 4.46. The lowest BCUT2D eigenvalue weighted by Gasteiger charge is -2.23. The Morgan fingerprint density at radius 2 is 1.97 bits per heavy atom. The molecule has 1 aliphatic heterocycles. The predicted molar refractivity (Wildman–Crippen MR) is 108 cm³/mol. The van der Waals surface area contributed by atoms with Crippen molar-refractivity contribution in [2.75, 3.05) is 11.9 Å². The number of imidazole rings is 1. The van der Waals surface area contributed by atoms with Gasteiger partial charge in [0.05, 0.1) is 18.5 Å². The van der Waals surface area contributed by atoms with Gasteiger partial charge in [-0.15, -0.1) is 0 Å². The molecule has 4 atom stereocenters. The number of carbonyl (C=O) groups excluding carboxylic acids is 1. The molecule has 2 aliphatic rings. The number of anilines is 1. The maximum Gasteiger partial charge on any atom is 0.256 e. The van der Waals surface area contributed by atoms with E-state index >= 15 is 0 Å². The quantitative estimate of drug-likeness (QED) is 0.679. The fourth-order valence-electron chi connectivity index (χ4n) is 4.46. The maximum absolute atomic E-state index is 12.6. The zero-order chi connectivity index (χ0) is 20.9. The summed E-state index contributed by atoms with van der Waals surface area (Å²) < 4.78 is 14.1. The molecule has 1 saturated heterocycles. The number of amides is 1. The number of nitrogens with zero attached hydrogens (tertiary/aromatic N) is 4. The van der Waals surface area contributed by atoms with E-state index in [0.29, 0.717) is 29.0 Å². The summed E-state index contributed by atoms with van der Waals surface area (Å²) in [4.78, 5) is 25.7. The summed E-state index contributed by atoms with van der Waals surface area (Å²) in [5.74, 6) is -0.648. The van der Waals surface area contributed by atoms with Gasteiger partial charge in [0.15, 0.2) is 22.8 Å². The van der Waals surface area contributed by atoms with E-state index in [1.165, 1.54) is 6.33 Å². The Hall–Kier alpha value is -2.88. The average Bonchev–Trinajstić information content (AvgIpc) is 3.39. The first-order valence-corrected chi connectivity index (χ1v) is 9.97. The Kier molecular flexibility index (Phi) is 4.53. The molecule has 9 heteroatoms. The number of hydrogen-bond donors (Lipinski definition) is 2. The van der Waals surface area contributed by atoms with Crippen molar-refractivity contribution in [1.29, 1.82) is 0 Å². The molecule has 0 spiro atoms. The largest absolute Gasteiger partial charge is 0.396 e. The van der Waals surface area contributed by atoms with Crippen LogP contribution < -0.4 is 5.32 Å². The summed E-state index contributed by atoms with van der Waals surface area (Å²) in [7, 11) is 0. The second-order valence-electron chi connectivity index (χ2n) is 8.18. The topological polar surface area (TPSA) is 111 Å². The van der Waals surface area contributed by atoms with Crippen LogP contribution in [-0.2, 0) is 9.47 Å². The van der Waals surface area contributed by atoms with Crippen LogP contribution in [0.25, 0.3) is 11.2 Å². The summed E-state index contributed by atoms with van der Waals surface area (Å²) in [6.45, 7) is 3.78. The van der Waals surface area contributed by atoms with E-state index in [1.807, 2.05) is 24.5 Å². The van der Waals surface area contributed by atoms with E-state index in [2.05, 4.69) is 20.3 Å². The predicted octanol–water partition coefficient (Wildman–Crippen LogP) is 2.15. The van der Waals surface area contributed by atoms with Crippen LogP contribution in [0.15, 0.2) is 43.0 Å². The van der Waals surface area contributed by atoms with Gasteiger partial charge >= 0.3 is 0 Å². The van der Waals surface area contributed by atoms with E-state index in [0.717, 1.165) is 0 Å². The van der Waals surface area contributed by atoms with Crippen LogP contribution in [0.5, 0.6) is 0 Å². The van der Waals surface area contributed by atoms with Gasteiger partial charge < -0.3 is 24.5 Å². The SMILES string of the molecule is CC1(C)O[C@@H]2[C@@H](CO)C[C@@H](n3cnc4c(NC(=O)c5ccccc5)ncnc43)[C@@H]2O1. The summed E-state index contributed by atoms with van der Waals surface area (Å²) in [6, 6.07) is 8.84. The highest BCUT2D eigenvalue weighted by atomic mass is 16.8. The highest BCUT2D eigenvalue weighted by Crippen LogP contribution is 2.47. The second kappa shape index (κ2) is 7.12. The Labute approximate surface area is 173 Å². The Morgan fingerprint density at radius 3 is 2.73 bits per heavy atom. The molecule has 0 unspecified atom stereocenters. The van der Waals surface area contributed by atoms with Crippen molar-refractivity contribution < 1.29 is 19.4 Å². The molecule has 1 amide bonds. The molecule has 30 heavy (non-hydrogen) atoms. The summed E-state index contributed by atoms with van der Waals surface area (Å²) >= 11 is 0. The van der Waals surface area contributed by atoms with Crippen molar-refractivity contribution >= 4 is 22.9 Å². The first-order valence-electron chi connectivity index (χ1n) is 9.97. The molecule has 2 N–H and O–H groups in total. The smallest absolute Gasteiger partial charge is 0.256 e. The van der Waals surface area contributed by atoms with Crippen LogP contribution in [0.4, 0.5) is 5.82 Å². The number of aliphatic hydroxyl groups is 1. The molecule has 0 radical (unpaired) electrons. The summed E-state index contributed by atoms with van der Waals surface area (Å²) in [5.41, 5.74) is 1.64. The van der Waals surface area contributed by atoms with Crippen LogP contribution in [-0.4, -0.2) is 55.1 Å². The van der Waals surface area contributed by atoms with Crippen LogP contribution in [0.1, 0.15) is 36.7 Å².